The van der Waals surface area contributed by atoms with Crippen LogP contribution in [0.3, 0.4) is 0 Å². The summed E-state index contributed by atoms with van der Waals surface area (Å²) >= 11 is 0. The maximum Gasteiger partial charge on any atom is 0.307 e. The number of aryl methyl sites for hydroxylation is 1. The lowest BCUT2D eigenvalue weighted by Gasteiger charge is -2.09. The van der Waals surface area contributed by atoms with Gasteiger partial charge in [-0.1, -0.05) is 84.0 Å². The minimum atomic E-state index is -3.67. The molecule has 1 heterocycles. The second-order valence-corrected chi connectivity index (χ2v) is 9.39. The molecule has 7 nitrogen and oxygen atoms in total. The lowest BCUT2D eigenvalue weighted by atomic mass is 10.0. The minimum Gasteiger partial charge on any atom is -0.481 e. The fourth-order valence-electron chi connectivity index (χ4n) is 3.48. The number of hydrogen-bond acceptors (Lipinski definition) is 5. The highest BCUT2D eigenvalue weighted by Gasteiger charge is 2.21. The van der Waals surface area contributed by atoms with Gasteiger partial charge in [-0.05, 0) is 29.2 Å². The van der Waals surface area contributed by atoms with Crippen molar-refractivity contribution in [2.45, 2.75) is 19.1 Å². The molecule has 4 aromatic rings. The Bertz CT molecular complexity index is 1360. The van der Waals surface area contributed by atoms with Crippen LogP contribution < -0.4 is 4.72 Å². The Morgan fingerprint density at radius 3 is 2.06 bits per heavy atom. The molecular weight excluding hydrogens is 440 g/mol. The molecule has 0 bridgehead atoms. The van der Waals surface area contributed by atoms with Crippen molar-refractivity contribution in [3.05, 3.63) is 95.7 Å². The second kappa shape index (κ2) is 9.30. The summed E-state index contributed by atoms with van der Waals surface area (Å²) < 4.78 is 33.5. The van der Waals surface area contributed by atoms with Gasteiger partial charge in [-0.2, -0.15) is 0 Å². The highest BCUT2D eigenvalue weighted by atomic mass is 32.2. The molecule has 0 saturated carbocycles. The van der Waals surface area contributed by atoms with Crippen LogP contribution in [-0.4, -0.2) is 24.7 Å². The number of sulfonamides is 1. The summed E-state index contributed by atoms with van der Waals surface area (Å²) in [5.41, 5.74) is 4.72. The van der Waals surface area contributed by atoms with Gasteiger partial charge in [0.25, 0.3) is 0 Å². The Morgan fingerprint density at radius 1 is 0.879 bits per heavy atom. The number of carbonyl (C=O) groups is 1. The number of aromatic nitrogens is 1. The average Bonchev–Trinajstić information content (AvgIpc) is 3.14. The van der Waals surface area contributed by atoms with Crippen molar-refractivity contribution in [1.82, 2.24) is 5.16 Å². The molecule has 0 spiro atoms. The number of anilines is 1. The third-order valence-electron chi connectivity index (χ3n) is 5.11. The van der Waals surface area contributed by atoms with E-state index in [0.29, 0.717) is 28.3 Å². The summed E-state index contributed by atoms with van der Waals surface area (Å²) in [4.78, 5) is 10.8. The first kappa shape index (κ1) is 22.3. The Kier molecular flexibility index (Phi) is 6.28. The number of carboxylic acids is 1. The van der Waals surface area contributed by atoms with Gasteiger partial charge in [0.1, 0.15) is 11.4 Å². The Hall–Kier alpha value is -3.91. The van der Waals surface area contributed by atoms with Crippen molar-refractivity contribution in [3.8, 4) is 22.5 Å². The summed E-state index contributed by atoms with van der Waals surface area (Å²) in [5, 5.41) is 12.9. The van der Waals surface area contributed by atoms with Gasteiger partial charge >= 0.3 is 5.97 Å². The van der Waals surface area contributed by atoms with Gasteiger partial charge in [-0.3, -0.25) is 9.52 Å². The molecule has 0 radical (unpaired) electrons. The third kappa shape index (κ3) is 5.48. The van der Waals surface area contributed by atoms with Crippen molar-refractivity contribution in [1.29, 1.82) is 0 Å². The Balaban J connectivity index is 1.55. The fraction of sp³-hybridized carbons (Fsp3) is 0.120. The normalized spacial score (nSPS) is 11.3. The first-order valence-electron chi connectivity index (χ1n) is 10.2. The highest BCUT2D eigenvalue weighted by Crippen LogP contribution is 2.33. The molecule has 0 saturated heterocycles. The van der Waals surface area contributed by atoms with Crippen molar-refractivity contribution in [2.75, 3.05) is 4.72 Å². The van der Waals surface area contributed by atoms with E-state index in [-0.39, 0.29) is 12.2 Å². The van der Waals surface area contributed by atoms with Crippen LogP contribution in [-0.2, 0) is 27.0 Å². The monoisotopic (exact) mass is 462 g/mol. The van der Waals surface area contributed by atoms with Crippen molar-refractivity contribution in [2.24, 2.45) is 0 Å². The quantitative estimate of drug-likeness (QED) is 0.386. The summed E-state index contributed by atoms with van der Waals surface area (Å²) in [6.07, 6.45) is -0.0208. The van der Waals surface area contributed by atoms with E-state index < -0.39 is 16.0 Å². The predicted molar refractivity (Wildman–Crippen MR) is 126 cm³/mol. The number of rotatable bonds is 8. The number of nitrogens with zero attached hydrogens (tertiary/aromatic N) is 1. The van der Waals surface area contributed by atoms with Crippen molar-refractivity contribution >= 4 is 21.7 Å². The zero-order chi connectivity index (χ0) is 23.4. The van der Waals surface area contributed by atoms with E-state index in [1.165, 1.54) is 0 Å². The zero-order valence-corrected chi connectivity index (χ0v) is 18.7. The summed E-state index contributed by atoms with van der Waals surface area (Å²) in [6, 6.07) is 23.7. The molecule has 33 heavy (non-hydrogen) atoms. The first-order valence-corrected chi connectivity index (χ1v) is 11.9. The van der Waals surface area contributed by atoms with Gasteiger partial charge < -0.3 is 9.63 Å². The molecular formula is C25H22N2O5S. The zero-order valence-electron chi connectivity index (χ0n) is 17.9. The Labute approximate surface area is 191 Å². The summed E-state index contributed by atoms with van der Waals surface area (Å²) in [6.45, 7) is 1.68. The molecule has 0 aliphatic rings. The molecule has 0 aliphatic carbocycles. The standard InChI is InChI=1S/C25H22N2O5S/c1-17-24(27-33(30,31)16-19-5-3-2-4-6-19)25(32-26-17)22-13-11-21(12-14-22)20-9-7-18(8-10-20)15-23(28)29/h2-14,27H,15-16H2,1H3,(H,28,29). The number of hydrogen-bond donors (Lipinski definition) is 2. The molecule has 0 aliphatic heterocycles. The van der Waals surface area contributed by atoms with Gasteiger partial charge in [-0.15, -0.1) is 0 Å². The van der Waals surface area contributed by atoms with E-state index >= 15 is 0 Å². The number of aliphatic carboxylic acids is 1. The Morgan fingerprint density at radius 2 is 1.45 bits per heavy atom. The van der Waals surface area contributed by atoms with E-state index in [9.17, 15) is 13.2 Å². The predicted octanol–water partition coefficient (Wildman–Crippen LogP) is 4.89. The molecule has 0 fully saturated rings. The summed E-state index contributed by atoms with van der Waals surface area (Å²) in [7, 11) is -3.67. The molecule has 0 amide bonds. The third-order valence-corrected chi connectivity index (χ3v) is 6.34. The van der Waals surface area contributed by atoms with Crippen LogP contribution in [0, 0.1) is 6.92 Å². The fourth-order valence-corrected chi connectivity index (χ4v) is 4.73. The van der Waals surface area contributed by atoms with Crippen LogP contribution in [0.15, 0.2) is 83.4 Å². The average molecular weight is 463 g/mol. The van der Waals surface area contributed by atoms with E-state index in [2.05, 4.69) is 9.88 Å². The maximum absolute atomic E-state index is 12.7. The lowest BCUT2D eigenvalue weighted by molar-refractivity contribution is -0.136. The van der Waals surface area contributed by atoms with Crippen LogP contribution in [0.1, 0.15) is 16.8 Å². The van der Waals surface area contributed by atoms with E-state index in [1.54, 1.807) is 43.3 Å². The molecule has 8 heteroatoms. The van der Waals surface area contributed by atoms with E-state index in [4.69, 9.17) is 9.63 Å². The molecule has 1 aromatic heterocycles. The number of nitrogens with one attached hydrogen (secondary N) is 1. The maximum atomic E-state index is 12.7. The van der Waals surface area contributed by atoms with Crippen molar-refractivity contribution < 1.29 is 22.8 Å². The molecule has 2 N–H and O–H groups in total. The smallest absolute Gasteiger partial charge is 0.307 e. The van der Waals surface area contributed by atoms with Crippen LogP contribution in [0.4, 0.5) is 5.69 Å². The summed E-state index contributed by atoms with van der Waals surface area (Å²) in [5.74, 6) is -0.688. The van der Waals surface area contributed by atoms with E-state index in [0.717, 1.165) is 16.7 Å². The van der Waals surface area contributed by atoms with Gasteiger partial charge in [0.2, 0.25) is 10.0 Å². The lowest BCUT2D eigenvalue weighted by Crippen LogP contribution is -2.15. The molecule has 0 unspecified atom stereocenters. The molecule has 3 aromatic carbocycles. The van der Waals surface area contributed by atoms with Crippen LogP contribution >= 0.6 is 0 Å². The molecule has 168 valence electrons. The molecule has 0 atom stereocenters. The van der Waals surface area contributed by atoms with Gasteiger partial charge in [-0.25, -0.2) is 8.42 Å². The van der Waals surface area contributed by atoms with Gasteiger partial charge in [0, 0.05) is 5.56 Å². The van der Waals surface area contributed by atoms with Gasteiger partial charge in [0.05, 0.1) is 12.2 Å². The minimum absolute atomic E-state index is 0.0208. The topological polar surface area (TPSA) is 110 Å². The first-order chi connectivity index (χ1) is 15.8. The molecule has 4 rings (SSSR count). The highest BCUT2D eigenvalue weighted by molar-refractivity contribution is 7.91. The van der Waals surface area contributed by atoms with Crippen LogP contribution in [0.5, 0.6) is 0 Å². The number of carboxylic acid groups (broad SMARTS) is 1. The van der Waals surface area contributed by atoms with Crippen LogP contribution in [0.2, 0.25) is 0 Å². The van der Waals surface area contributed by atoms with Crippen LogP contribution in [0.25, 0.3) is 22.5 Å². The SMILES string of the molecule is Cc1noc(-c2ccc(-c3ccc(CC(=O)O)cc3)cc2)c1NS(=O)(=O)Cc1ccccc1. The van der Waals surface area contributed by atoms with Crippen molar-refractivity contribution in [3.63, 3.8) is 0 Å². The van der Waals surface area contributed by atoms with E-state index in [1.807, 2.05) is 42.5 Å². The largest absolute Gasteiger partial charge is 0.481 e. The number of benzene rings is 3. The second-order valence-electron chi connectivity index (χ2n) is 7.66. The van der Waals surface area contributed by atoms with Gasteiger partial charge in [0.15, 0.2) is 5.76 Å².